The minimum absolute atomic E-state index is 0.0832. The number of likely N-dealkylation sites (tertiary alicyclic amines) is 1. The highest BCUT2D eigenvalue weighted by Crippen LogP contribution is 2.27. The Morgan fingerprint density at radius 2 is 2.29 bits per heavy atom. The first-order chi connectivity index (χ1) is 6.64. The molecule has 4 nitrogen and oxygen atoms in total. The molecule has 1 N–H and O–H groups in total. The summed E-state index contributed by atoms with van der Waals surface area (Å²) in [6, 6.07) is 0. The minimum Gasteiger partial charge on any atom is -0.453 e. The number of hydrogen-bond donors (Lipinski definition) is 1. The quantitative estimate of drug-likeness (QED) is 0.728. The van der Waals surface area contributed by atoms with Crippen molar-refractivity contribution in [2.45, 2.75) is 31.7 Å². The van der Waals surface area contributed by atoms with Gasteiger partial charge in [-0.15, -0.1) is 0 Å². The van der Waals surface area contributed by atoms with Crippen LogP contribution in [0.2, 0.25) is 0 Å². The molecule has 1 unspecified atom stereocenters. The van der Waals surface area contributed by atoms with Gasteiger partial charge >= 0.3 is 6.09 Å². The first-order valence-electron chi connectivity index (χ1n) is 5.14. The summed E-state index contributed by atoms with van der Waals surface area (Å²) in [7, 11) is 3.35. The van der Waals surface area contributed by atoms with Gasteiger partial charge in [0.05, 0.1) is 12.6 Å². The monoisotopic (exact) mass is 200 g/mol. The van der Waals surface area contributed by atoms with Gasteiger partial charge in [-0.3, -0.25) is 0 Å². The Labute approximate surface area is 85.6 Å². The van der Waals surface area contributed by atoms with Crippen LogP contribution >= 0.6 is 0 Å². The topological polar surface area (TPSA) is 41.6 Å². The predicted molar refractivity (Wildman–Crippen MR) is 55.3 cm³/mol. The van der Waals surface area contributed by atoms with Crippen LogP contribution in [0.5, 0.6) is 0 Å². The molecule has 1 aliphatic rings. The number of methoxy groups -OCH3 is 1. The van der Waals surface area contributed by atoms with Gasteiger partial charge < -0.3 is 15.0 Å². The van der Waals surface area contributed by atoms with Gasteiger partial charge in [-0.2, -0.15) is 0 Å². The molecule has 1 saturated heterocycles. The highest BCUT2D eigenvalue weighted by molar-refractivity contribution is 5.68. The van der Waals surface area contributed by atoms with Crippen molar-refractivity contribution in [1.29, 1.82) is 0 Å². The molecule has 0 aromatic heterocycles. The van der Waals surface area contributed by atoms with E-state index in [0.717, 1.165) is 25.9 Å². The molecule has 0 aliphatic carbocycles. The Hall–Kier alpha value is -0.770. The van der Waals surface area contributed by atoms with Crippen LogP contribution in [-0.4, -0.2) is 43.8 Å². The number of carbonyl (C=O) groups is 1. The number of amides is 1. The largest absolute Gasteiger partial charge is 0.453 e. The summed E-state index contributed by atoms with van der Waals surface area (Å²) in [5.41, 5.74) is -0.0832. The van der Waals surface area contributed by atoms with E-state index in [9.17, 15) is 4.79 Å². The van der Waals surface area contributed by atoms with Crippen LogP contribution in [0.1, 0.15) is 26.2 Å². The molecule has 0 radical (unpaired) electrons. The third-order valence-electron chi connectivity index (χ3n) is 2.95. The number of hydrogen-bond acceptors (Lipinski definition) is 3. The smallest absolute Gasteiger partial charge is 0.409 e. The Balaban J connectivity index is 2.72. The highest BCUT2D eigenvalue weighted by Gasteiger charge is 2.37. The summed E-state index contributed by atoms with van der Waals surface area (Å²) in [5, 5.41) is 3.14. The Kier molecular flexibility index (Phi) is 3.75. The SMILES string of the molecule is CNCC1(C)CCCCN1C(=O)OC. The second kappa shape index (κ2) is 4.64. The van der Waals surface area contributed by atoms with Gasteiger partial charge in [-0.05, 0) is 33.2 Å². The molecule has 1 rings (SSSR count). The van der Waals surface area contributed by atoms with Gasteiger partial charge in [-0.1, -0.05) is 0 Å². The van der Waals surface area contributed by atoms with Crippen LogP contribution in [0.25, 0.3) is 0 Å². The van der Waals surface area contributed by atoms with E-state index in [1.54, 1.807) is 0 Å². The third-order valence-corrected chi connectivity index (χ3v) is 2.95. The molecule has 1 fully saturated rings. The van der Waals surface area contributed by atoms with Crippen LogP contribution in [0, 0.1) is 0 Å². The lowest BCUT2D eigenvalue weighted by Crippen LogP contribution is -2.57. The van der Waals surface area contributed by atoms with E-state index in [2.05, 4.69) is 12.2 Å². The molecule has 0 aromatic carbocycles. The molecule has 4 heteroatoms. The number of likely N-dealkylation sites (N-methyl/N-ethyl adjacent to an activating group) is 1. The van der Waals surface area contributed by atoms with E-state index < -0.39 is 0 Å². The van der Waals surface area contributed by atoms with Crippen molar-refractivity contribution >= 4 is 6.09 Å². The van der Waals surface area contributed by atoms with Crippen molar-refractivity contribution in [1.82, 2.24) is 10.2 Å². The van der Waals surface area contributed by atoms with Crippen molar-refractivity contribution in [3.8, 4) is 0 Å². The van der Waals surface area contributed by atoms with Crippen LogP contribution < -0.4 is 5.32 Å². The fourth-order valence-electron chi connectivity index (χ4n) is 2.17. The maximum atomic E-state index is 11.5. The zero-order chi connectivity index (χ0) is 10.6. The normalized spacial score (nSPS) is 27.5. The molecule has 1 atom stereocenters. The lowest BCUT2D eigenvalue weighted by Gasteiger charge is -2.43. The molecule has 0 aromatic rings. The zero-order valence-corrected chi connectivity index (χ0v) is 9.30. The van der Waals surface area contributed by atoms with Crippen molar-refractivity contribution in [3.05, 3.63) is 0 Å². The van der Waals surface area contributed by atoms with Crippen molar-refractivity contribution in [2.75, 3.05) is 27.2 Å². The average Bonchev–Trinajstić information content (AvgIpc) is 2.17. The maximum absolute atomic E-state index is 11.5. The highest BCUT2D eigenvalue weighted by atomic mass is 16.5. The molecular formula is C10H20N2O2. The van der Waals surface area contributed by atoms with Gasteiger partial charge in [0.25, 0.3) is 0 Å². The van der Waals surface area contributed by atoms with Gasteiger partial charge in [0.2, 0.25) is 0 Å². The molecular weight excluding hydrogens is 180 g/mol. The molecule has 0 bridgehead atoms. The number of nitrogens with one attached hydrogen (secondary N) is 1. The van der Waals surface area contributed by atoms with E-state index in [1.165, 1.54) is 13.5 Å². The first-order valence-corrected chi connectivity index (χ1v) is 5.14. The van der Waals surface area contributed by atoms with E-state index in [0.29, 0.717) is 0 Å². The molecule has 1 amide bonds. The van der Waals surface area contributed by atoms with Gasteiger partial charge in [0.15, 0.2) is 0 Å². The molecule has 1 aliphatic heterocycles. The third kappa shape index (κ3) is 2.18. The zero-order valence-electron chi connectivity index (χ0n) is 9.30. The summed E-state index contributed by atoms with van der Waals surface area (Å²) in [6.07, 6.45) is 3.10. The van der Waals surface area contributed by atoms with E-state index in [-0.39, 0.29) is 11.6 Å². The number of nitrogens with zero attached hydrogens (tertiary/aromatic N) is 1. The van der Waals surface area contributed by atoms with Gasteiger partial charge in [0.1, 0.15) is 0 Å². The molecule has 0 saturated carbocycles. The number of ether oxygens (including phenoxy) is 1. The summed E-state index contributed by atoms with van der Waals surface area (Å²) < 4.78 is 4.79. The lowest BCUT2D eigenvalue weighted by molar-refractivity contribution is 0.0471. The Morgan fingerprint density at radius 1 is 1.57 bits per heavy atom. The second-order valence-electron chi connectivity index (χ2n) is 4.11. The molecule has 1 heterocycles. The van der Waals surface area contributed by atoms with Crippen LogP contribution in [0.3, 0.4) is 0 Å². The Morgan fingerprint density at radius 3 is 2.86 bits per heavy atom. The van der Waals surface area contributed by atoms with Crippen molar-refractivity contribution in [3.63, 3.8) is 0 Å². The Bertz CT molecular complexity index is 204. The number of carbonyl (C=O) groups excluding carboxylic acids is 1. The van der Waals surface area contributed by atoms with E-state index in [4.69, 9.17) is 4.74 Å². The summed E-state index contributed by atoms with van der Waals surface area (Å²) in [4.78, 5) is 13.4. The fraction of sp³-hybridized carbons (Fsp3) is 0.900. The number of rotatable bonds is 2. The lowest BCUT2D eigenvalue weighted by atomic mass is 9.89. The summed E-state index contributed by atoms with van der Waals surface area (Å²) >= 11 is 0. The predicted octanol–water partition coefficient (Wildman–Crippen LogP) is 1.22. The van der Waals surface area contributed by atoms with E-state index in [1.807, 2.05) is 11.9 Å². The van der Waals surface area contributed by atoms with Gasteiger partial charge in [0, 0.05) is 13.1 Å². The minimum atomic E-state index is -0.206. The fourth-order valence-corrected chi connectivity index (χ4v) is 2.17. The molecule has 0 spiro atoms. The van der Waals surface area contributed by atoms with Crippen molar-refractivity contribution in [2.24, 2.45) is 0 Å². The summed E-state index contributed by atoms with van der Waals surface area (Å²) in [5.74, 6) is 0. The summed E-state index contributed by atoms with van der Waals surface area (Å²) in [6.45, 7) is 3.74. The first kappa shape index (κ1) is 11.3. The van der Waals surface area contributed by atoms with Crippen molar-refractivity contribution < 1.29 is 9.53 Å². The van der Waals surface area contributed by atoms with Crippen LogP contribution in [-0.2, 0) is 4.74 Å². The molecule has 14 heavy (non-hydrogen) atoms. The average molecular weight is 200 g/mol. The standard InChI is InChI=1S/C10H20N2O2/c1-10(8-11-2)6-4-5-7-12(10)9(13)14-3/h11H,4-8H2,1-3H3. The number of piperidine rings is 1. The van der Waals surface area contributed by atoms with E-state index >= 15 is 0 Å². The second-order valence-corrected chi connectivity index (χ2v) is 4.11. The maximum Gasteiger partial charge on any atom is 0.409 e. The van der Waals surface area contributed by atoms with Gasteiger partial charge in [-0.25, -0.2) is 4.79 Å². The van der Waals surface area contributed by atoms with Crippen LogP contribution in [0.4, 0.5) is 4.79 Å². The molecule has 82 valence electrons. The van der Waals surface area contributed by atoms with Crippen LogP contribution in [0.15, 0.2) is 0 Å².